The Morgan fingerprint density at radius 1 is 0.448 bits per heavy atom. The molecule has 10 rings (SSSR count). The molecule has 4 nitrogen and oxygen atoms in total. The first-order valence-corrected chi connectivity index (χ1v) is 28.2. The summed E-state index contributed by atoms with van der Waals surface area (Å²) < 4.78 is 20.2. The first-order chi connectivity index (χ1) is 28.4. The van der Waals surface area contributed by atoms with Gasteiger partial charge < -0.3 is 13.6 Å². The zero-order valence-corrected chi connectivity index (χ0v) is 37.3. The second kappa shape index (κ2) is 16.0. The highest BCUT2D eigenvalue weighted by molar-refractivity contribution is 8.61. The fourth-order valence-electron chi connectivity index (χ4n) is 8.16. The molecule has 0 amide bonds. The van der Waals surface area contributed by atoms with Crippen molar-refractivity contribution < 1.29 is 18.5 Å². The summed E-state index contributed by atoms with van der Waals surface area (Å²) in [6.07, 6.45) is 0. The molecule has 3 heterocycles. The maximum Gasteiger partial charge on any atom is 0.411 e. The van der Waals surface area contributed by atoms with Crippen LogP contribution in [-0.2, 0) is 17.3 Å². The maximum absolute atomic E-state index is 12.5. The predicted molar refractivity (Wildman–Crippen MR) is 254 cm³/mol. The number of fused-ring (bicyclic) bond motifs is 9. The lowest BCUT2D eigenvalue weighted by molar-refractivity contribution is 0.490. The molecule has 3 unspecified atom stereocenters. The van der Waals surface area contributed by atoms with Crippen LogP contribution < -0.4 is 29.5 Å². The molecule has 0 radical (unpaired) electrons. The fraction of sp³-hybridized carbons (Fsp3) is 0.125. The molecule has 0 aromatic heterocycles. The van der Waals surface area contributed by atoms with Crippen molar-refractivity contribution in [2.24, 2.45) is 0 Å². The molecule has 0 saturated carbocycles. The Kier molecular flexibility index (Phi) is 10.6. The van der Waals surface area contributed by atoms with Crippen LogP contribution in [0.1, 0.15) is 33.4 Å². The van der Waals surface area contributed by atoms with Crippen LogP contribution in [0.2, 0.25) is 0 Å². The highest BCUT2D eigenvalue weighted by Crippen LogP contribution is 2.70. The van der Waals surface area contributed by atoms with Gasteiger partial charge in [0.05, 0.1) is 5.75 Å². The molecule has 3 aliphatic heterocycles. The number of benzene rings is 7. The molecule has 0 aliphatic carbocycles. The molecule has 0 spiro atoms. The zero-order valence-electron chi connectivity index (χ0n) is 32.2. The Hall–Kier alpha value is -3.76. The third-order valence-corrected chi connectivity index (χ3v) is 23.1. The molecule has 0 saturated heterocycles. The lowest BCUT2D eigenvalue weighted by Crippen LogP contribution is -2.20. The lowest BCUT2D eigenvalue weighted by atomic mass is 9.90. The summed E-state index contributed by atoms with van der Waals surface area (Å²) in [5.74, 6) is 4.89. The second-order valence-electron chi connectivity index (χ2n) is 14.5. The average molecular weight is 870 g/mol. The molecule has 10 heteroatoms. The van der Waals surface area contributed by atoms with Crippen LogP contribution in [0.5, 0.6) is 17.2 Å². The number of hydrogen-bond donors (Lipinski definition) is 1. The monoisotopic (exact) mass is 869 g/mol. The predicted octanol–water partition coefficient (Wildman–Crippen LogP) is 13.8. The maximum atomic E-state index is 12.5. The van der Waals surface area contributed by atoms with E-state index in [1.54, 1.807) is 11.4 Å². The molecule has 1 N–H and O–H groups in total. The minimum absolute atomic E-state index is 0.622. The summed E-state index contributed by atoms with van der Waals surface area (Å²) in [4.78, 5) is 12.5. The molecular weight excluding hydrogens is 830 g/mol. The summed E-state index contributed by atoms with van der Waals surface area (Å²) in [7, 11) is -1.93. The van der Waals surface area contributed by atoms with Gasteiger partial charge in [-0.15, -0.1) is 0 Å². The van der Waals surface area contributed by atoms with Crippen molar-refractivity contribution in [3.05, 3.63) is 179 Å². The van der Waals surface area contributed by atoms with E-state index < -0.39 is 21.6 Å². The number of hydrogen-bond acceptors (Lipinski definition) is 7. The first kappa shape index (κ1) is 38.4. The standard InChI is InChI=1S/C48H40O4P3S3/c1-31-40(28-56-53-46-25-13-7-19-37(46)34-16-4-10-22-43(34)50-53)32(2)42(30-58-55(49)48-27-15-9-21-39(48)36-18-6-12-24-45(36)52-55)33(3)41(31)29-57-54-47-26-14-8-20-38(47)35-17-5-11-23-44(35)51-54/h4-27,49H,28-30H2,1-3H3/q+1. The SMILES string of the molecule is Cc1c(CSP2Oc3ccccc3-c3ccccc32)c(C)c(CS[P+]2(O)Oc3ccccc3-c3ccccc32)c(C)c1CSP1Oc2ccccc2-c2ccccc21. The van der Waals surface area contributed by atoms with E-state index in [9.17, 15) is 4.89 Å². The van der Waals surface area contributed by atoms with Gasteiger partial charge in [0.15, 0.2) is 25.8 Å². The van der Waals surface area contributed by atoms with E-state index >= 15 is 0 Å². The second-order valence-corrected chi connectivity index (χ2v) is 26.0. The van der Waals surface area contributed by atoms with E-state index in [2.05, 4.69) is 130 Å². The van der Waals surface area contributed by atoms with E-state index in [1.807, 2.05) is 59.2 Å². The van der Waals surface area contributed by atoms with Crippen molar-refractivity contribution in [3.63, 3.8) is 0 Å². The van der Waals surface area contributed by atoms with Crippen LogP contribution in [0.3, 0.4) is 0 Å². The van der Waals surface area contributed by atoms with E-state index in [1.165, 1.54) is 55.1 Å². The normalized spacial score (nSPS) is 18.2. The Morgan fingerprint density at radius 2 is 0.828 bits per heavy atom. The molecule has 7 aromatic carbocycles. The van der Waals surface area contributed by atoms with Crippen LogP contribution in [0, 0.1) is 20.8 Å². The number of para-hydroxylation sites is 3. The third kappa shape index (κ3) is 6.88. The van der Waals surface area contributed by atoms with Crippen molar-refractivity contribution in [2.75, 3.05) is 0 Å². The molecule has 58 heavy (non-hydrogen) atoms. The van der Waals surface area contributed by atoms with Crippen molar-refractivity contribution in [3.8, 4) is 50.6 Å². The molecular formula is C48H40O4P3S3+. The molecule has 0 fully saturated rings. The van der Waals surface area contributed by atoms with Gasteiger partial charge in [0.2, 0.25) is 0 Å². The minimum atomic E-state index is -3.07. The van der Waals surface area contributed by atoms with Crippen LogP contribution in [0.15, 0.2) is 146 Å². The Bertz CT molecular complexity index is 2600. The largest absolute Gasteiger partial charge is 0.457 e. The van der Waals surface area contributed by atoms with Gasteiger partial charge in [0.25, 0.3) is 0 Å². The van der Waals surface area contributed by atoms with Gasteiger partial charge in [0.1, 0.15) is 22.9 Å². The summed E-state index contributed by atoms with van der Waals surface area (Å²) in [5, 5.41) is 3.43. The van der Waals surface area contributed by atoms with Crippen LogP contribution >= 0.6 is 55.8 Å². The highest BCUT2D eigenvalue weighted by Gasteiger charge is 2.50. The summed E-state index contributed by atoms with van der Waals surface area (Å²) in [6.45, 7) is 3.78. The van der Waals surface area contributed by atoms with Crippen molar-refractivity contribution in [2.45, 2.75) is 38.0 Å². The van der Waals surface area contributed by atoms with Crippen molar-refractivity contribution >= 4 is 71.7 Å². The quantitative estimate of drug-likeness (QED) is 0.145. The fourth-order valence-corrected chi connectivity index (χ4v) is 20.5. The zero-order chi connectivity index (χ0) is 39.4. The molecule has 288 valence electrons. The highest BCUT2D eigenvalue weighted by atomic mass is 32.7. The van der Waals surface area contributed by atoms with E-state index in [4.69, 9.17) is 13.6 Å². The van der Waals surface area contributed by atoms with Crippen LogP contribution in [-0.4, -0.2) is 4.89 Å². The van der Waals surface area contributed by atoms with Crippen LogP contribution in [0.4, 0.5) is 0 Å². The van der Waals surface area contributed by atoms with Gasteiger partial charge >= 0.3 is 6.92 Å². The molecule has 7 aromatic rings. The summed E-state index contributed by atoms with van der Waals surface area (Å²) in [6, 6.07) is 50.5. The van der Waals surface area contributed by atoms with Crippen LogP contribution in [0.25, 0.3) is 33.4 Å². The minimum Gasteiger partial charge on any atom is -0.457 e. The van der Waals surface area contributed by atoms with E-state index in [0.29, 0.717) is 5.75 Å². The molecule has 3 aliphatic rings. The van der Waals surface area contributed by atoms with Gasteiger partial charge in [-0.05, 0) is 108 Å². The topological polar surface area (TPSA) is 47.9 Å². The molecule has 3 atom stereocenters. The van der Waals surface area contributed by atoms with Gasteiger partial charge in [-0.2, -0.15) is 4.89 Å². The Morgan fingerprint density at radius 3 is 1.34 bits per heavy atom. The Balaban J connectivity index is 1.00. The first-order valence-electron chi connectivity index (χ1n) is 19.2. The van der Waals surface area contributed by atoms with Crippen molar-refractivity contribution in [1.29, 1.82) is 0 Å². The third-order valence-electron chi connectivity index (χ3n) is 11.3. The van der Waals surface area contributed by atoms with Gasteiger partial charge in [-0.1, -0.05) is 126 Å². The summed E-state index contributed by atoms with van der Waals surface area (Å²) >= 11 is 5.37. The van der Waals surface area contributed by atoms with Gasteiger partial charge in [-0.3, -0.25) is 0 Å². The van der Waals surface area contributed by atoms with Gasteiger partial charge in [0, 0.05) is 44.4 Å². The Labute approximate surface area is 355 Å². The smallest absolute Gasteiger partial charge is 0.411 e. The molecule has 0 bridgehead atoms. The van der Waals surface area contributed by atoms with Crippen molar-refractivity contribution in [1.82, 2.24) is 0 Å². The van der Waals surface area contributed by atoms with E-state index in [0.717, 1.165) is 56.3 Å². The summed E-state index contributed by atoms with van der Waals surface area (Å²) in [5.41, 5.74) is 14.7. The average Bonchev–Trinajstić information content (AvgIpc) is 3.26. The number of rotatable bonds is 9. The lowest BCUT2D eigenvalue weighted by Gasteiger charge is -2.29. The van der Waals surface area contributed by atoms with E-state index in [-0.39, 0.29) is 0 Å². The van der Waals surface area contributed by atoms with Gasteiger partial charge in [-0.25, -0.2) is 0 Å².